The molecule has 4 heteroatoms. The molecule has 0 aromatic carbocycles. The monoisotopic (exact) mass is 247 g/mol. The van der Waals surface area contributed by atoms with Crippen LogP contribution in [-0.2, 0) is 0 Å². The third-order valence-electron chi connectivity index (χ3n) is 3.31. The molecule has 1 aliphatic carbocycles. The minimum absolute atomic E-state index is 1.00. The number of rotatable bonds is 5. The van der Waals surface area contributed by atoms with Crippen LogP contribution in [0.5, 0.6) is 0 Å². The second-order valence-electron chi connectivity index (χ2n) is 4.83. The predicted molar refractivity (Wildman–Crippen MR) is 72.6 cm³/mol. The van der Waals surface area contributed by atoms with Crippen molar-refractivity contribution in [3.63, 3.8) is 0 Å². The standard InChI is InChI=1S/C13H17N3S/c1-9-7-17-12-11(9)15-8-16-13(12)14-6-2-3-10-4-5-10/h7-8,10H,2-6H2,1H3,(H,14,15,16). The highest BCUT2D eigenvalue weighted by atomic mass is 32.1. The largest absolute Gasteiger partial charge is 0.369 e. The van der Waals surface area contributed by atoms with E-state index in [-0.39, 0.29) is 0 Å². The van der Waals surface area contributed by atoms with Gasteiger partial charge in [-0.2, -0.15) is 0 Å². The second kappa shape index (κ2) is 4.61. The van der Waals surface area contributed by atoms with Gasteiger partial charge in [-0.25, -0.2) is 9.97 Å². The summed E-state index contributed by atoms with van der Waals surface area (Å²) in [6, 6.07) is 0. The van der Waals surface area contributed by atoms with Crippen LogP contribution in [0, 0.1) is 12.8 Å². The van der Waals surface area contributed by atoms with E-state index in [2.05, 4.69) is 27.6 Å². The van der Waals surface area contributed by atoms with Gasteiger partial charge in [-0.15, -0.1) is 11.3 Å². The van der Waals surface area contributed by atoms with Gasteiger partial charge < -0.3 is 5.32 Å². The number of nitrogens with zero attached hydrogens (tertiary/aromatic N) is 2. The van der Waals surface area contributed by atoms with Crippen molar-refractivity contribution in [3.8, 4) is 0 Å². The first kappa shape index (κ1) is 11.0. The number of thiophene rings is 1. The Labute approximate surface area is 105 Å². The molecule has 0 saturated heterocycles. The molecular weight excluding hydrogens is 230 g/mol. The number of aryl methyl sites for hydroxylation is 1. The van der Waals surface area contributed by atoms with Crippen LogP contribution in [0.25, 0.3) is 10.2 Å². The lowest BCUT2D eigenvalue weighted by Crippen LogP contribution is -2.03. The second-order valence-corrected chi connectivity index (χ2v) is 5.71. The van der Waals surface area contributed by atoms with Crippen LogP contribution in [0.2, 0.25) is 0 Å². The van der Waals surface area contributed by atoms with Crippen LogP contribution in [0.4, 0.5) is 5.82 Å². The van der Waals surface area contributed by atoms with Crippen molar-refractivity contribution in [2.24, 2.45) is 5.92 Å². The van der Waals surface area contributed by atoms with E-state index in [4.69, 9.17) is 0 Å². The number of anilines is 1. The molecule has 0 atom stereocenters. The Morgan fingerprint density at radius 1 is 1.41 bits per heavy atom. The van der Waals surface area contributed by atoms with Gasteiger partial charge in [0.05, 0.1) is 10.2 Å². The van der Waals surface area contributed by atoms with Gasteiger partial charge in [0.1, 0.15) is 12.1 Å². The zero-order chi connectivity index (χ0) is 11.7. The van der Waals surface area contributed by atoms with E-state index in [1.807, 2.05) is 0 Å². The molecule has 0 radical (unpaired) electrons. The first-order valence-corrected chi connectivity index (χ1v) is 7.15. The summed E-state index contributed by atoms with van der Waals surface area (Å²) in [4.78, 5) is 8.67. The molecule has 1 aliphatic rings. The van der Waals surface area contributed by atoms with Gasteiger partial charge in [0.15, 0.2) is 0 Å². The molecule has 2 heterocycles. The highest BCUT2D eigenvalue weighted by molar-refractivity contribution is 7.18. The fourth-order valence-electron chi connectivity index (χ4n) is 2.10. The maximum absolute atomic E-state index is 4.34. The summed E-state index contributed by atoms with van der Waals surface area (Å²) < 4.78 is 1.19. The number of fused-ring (bicyclic) bond motifs is 1. The van der Waals surface area contributed by atoms with Crippen molar-refractivity contribution in [3.05, 3.63) is 17.3 Å². The van der Waals surface area contributed by atoms with Gasteiger partial charge in [-0.1, -0.05) is 12.8 Å². The van der Waals surface area contributed by atoms with E-state index in [9.17, 15) is 0 Å². The van der Waals surface area contributed by atoms with Crippen molar-refractivity contribution < 1.29 is 0 Å². The zero-order valence-corrected chi connectivity index (χ0v) is 10.9. The lowest BCUT2D eigenvalue weighted by Gasteiger charge is -2.05. The third-order valence-corrected chi connectivity index (χ3v) is 4.40. The molecule has 1 fully saturated rings. The van der Waals surface area contributed by atoms with Crippen LogP contribution in [-0.4, -0.2) is 16.5 Å². The van der Waals surface area contributed by atoms with Crippen LogP contribution in [0.15, 0.2) is 11.7 Å². The number of aromatic nitrogens is 2. The molecule has 2 aromatic heterocycles. The zero-order valence-electron chi connectivity index (χ0n) is 10.1. The minimum atomic E-state index is 1.00. The Balaban J connectivity index is 1.66. The highest BCUT2D eigenvalue weighted by Gasteiger charge is 2.20. The average Bonchev–Trinajstić information content (AvgIpc) is 3.09. The van der Waals surface area contributed by atoms with E-state index < -0.39 is 0 Å². The minimum Gasteiger partial charge on any atom is -0.369 e. The first-order valence-electron chi connectivity index (χ1n) is 6.27. The SMILES string of the molecule is Cc1csc2c(NCCCC3CC3)ncnc12. The molecule has 0 aliphatic heterocycles. The molecule has 0 bridgehead atoms. The van der Waals surface area contributed by atoms with Gasteiger partial charge in [0.25, 0.3) is 0 Å². The molecule has 17 heavy (non-hydrogen) atoms. The molecule has 1 N–H and O–H groups in total. The van der Waals surface area contributed by atoms with Crippen molar-refractivity contribution >= 4 is 27.4 Å². The first-order chi connectivity index (χ1) is 8.34. The molecule has 1 saturated carbocycles. The lowest BCUT2D eigenvalue weighted by molar-refractivity contribution is 0.687. The van der Waals surface area contributed by atoms with Gasteiger partial charge in [-0.05, 0) is 36.6 Å². The molecule has 0 amide bonds. The van der Waals surface area contributed by atoms with Crippen molar-refractivity contribution in [2.45, 2.75) is 32.6 Å². The summed E-state index contributed by atoms with van der Waals surface area (Å²) in [6.45, 7) is 3.13. The van der Waals surface area contributed by atoms with E-state index >= 15 is 0 Å². The normalized spacial score (nSPS) is 15.4. The summed E-state index contributed by atoms with van der Waals surface area (Å²) in [5.74, 6) is 2.02. The number of nitrogens with one attached hydrogen (secondary N) is 1. The Bertz CT molecular complexity index is 516. The molecule has 90 valence electrons. The Morgan fingerprint density at radius 2 is 2.29 bits per heavy atom. The van der Waals surface area contributed by atoms with Gasteiger partial charge >= 0.3 is 0 Å². The smallest absolute Gasteiger partial charge is 0.147 e. The van der Waals surface area contributed by atoms with Crippen molar-refractivity contribution in [1.82, 2.24) is 9.97 Å². The van der Waals surface area contributed by atoms with Gasteiger partial charge in [-0.3, -0.25) is 0 Å². The van der Waals surface area contributed by atoms with Crippen molar-refractivity contribution in [2.75, 3.05) is 11.9 Å². The number of hydrogen-bond acceptors (Lipinski definition) is 4. The highest BCUT2D eigenvalue weighted by Crippen LogP contribution is 2.33. The van der Waals surface area contributed by atoms with E-state index in [0.717, 1.165) is 23.8 Å². The van der Waals surface area contributed by atoms with Crippen LogP contribution >= 0.6 is 11.3 Å². The molecule has 3 rings (SSSR count). The average molecular weight is 247 g/mol. The Kier molecular flexibility index (Phi) is 2.97. The van der Waals surface area contributed by atoms with Crippen molar-refractivity contribution in [1.29, 1.82) is 0 Å². The van der Waals surface area contributed by atoms with Crippen LogP contribution in [0.1, 0.15) is 31.2 Å². The molecule has 0 spiro atoms. The van der Waals surface area contributed by atoms with E-state index in [0.29, 0.717) is 0 Å². The molecular formula is C13H17N3S. The Morgan fingerprint density at radius 3 is 3.12 bits per heavy atom. The number of hydrogen-bond donors (Lipinski definition) is 1. The fraction of sp³-hybridized carbons (Fsp3) is 0.538. The summed E-state index contributed by atoms with van der Waals surface area (Å²) in [5.41, 5.74) is 2.34. The van der Waals surface area contributed by atoms with Crippen LogP contribution in [0.3, 0.4) is 0 Å². The summed E-state index contributed by atoms with van der Waals surface area (Å²) in [6.07, 6.45) is 7.17. The van der Waals surface area contributed by atoms with E-state index in [1.165, 1.54) is 35.9 Å². The quantitative estimate of drug-likeness (QED) is 0.820. The summed E-state index contributed by atoms with van der Waals surface area (Å²) >= 11 is 1.73. The molecule has 0 unspecified atom stereocenters. The maximum Gasteiger partial charge on any atom is 0.147 e. The lowest BCUT2D eigenvalue weighted by atomic mass is 10.2. The third kappa shape index (κ3) is 2.41. The van der Waals surface area contributed by atoms with Crippen LogP contribution < -0.4 is 5.32 Å². The molecule has 3 nitrogen and oxygen atoms in total. The predicted octanol–water partition coefficient (Wildman–Crippen LogP) is 3.60. The summed E-state index contributed by atoms with van der Waals surface area (Å²) in [7, 11) is 0. The van der Waals surface area contributed by atoms with E-state index in [1.54, 1.807) is 17.7 Å². The Hall–Kier alpha value is -1.16. The fourth-order valence-corrected chi connectivity index (χ4v) is 3.07. The molecule has 2 aromatic rings. The maximum atomic E-state index is 4.34. The summed E-state index contributed by atoms with van der Waals surface area (Å²) in [5, 5.41) is 5.59. The van der Waals surface area contributed by atoms with Gasteiger partial charge in [0, 0.05) is 6.54 Å². The van der Waals surface area contributed by atoms with Gasteiger partial charge in [0.2, 0.25) is 0 Å². The topological polar surface area (TPSA) is 37.8 Å².